The summed E-state index contributed by atoms with van der Waals surface area (Å²) in [5.41, 5.74) is -0.269. The predicted molar refractivity (Wildman–Crippen MR) is 171 cm³/mol. The number of allylic oxidation sites excluding steroid dienone is 1. The molecule has 4 aliphatic heterocycles. The van der Waals surface area contributed by atoms with Crippen LogP contribution in [-0.4, -0.2) is 77.2 Å². The summed E-state index contributed by atoms with van der Waals surface area (Å²) in [4.78, 5) is 59.2. The molecule has 2 saturated heterocycles. The number of nitrogens with zero attached hydrogens (tertiary/aromatic N) is 2. The maximum absolute atomic E-state index is 14.6. The smallest absolute Gasteiger partial charge is 0.313 e. The highest BCUT2D eigenvalue weighted by molar-refractivity contribution is 6.34. The molecule has 0 aromatic heterocycles. The molecule has 0 unspecified atom stereocenters. The second kappa shape index (κ2) is 13.4. The van der Waals surface area contributed by atoms with Gasteiger partial charge in [0.25, 0.3) is 5.91 Å². The lowest BCUT2D eigenvalue weighted by atomic mass is 9.77. The van der Waals surface area contributed by atoms with Crippen LogP contribution in [0.5, 0.6) is 0 Å². The van der Waals surface area contributed by atoms with Gasteiger partial charge in [0.15, 0.2) is 0 Å². The summed E-state index contributed by atoms with van der Waals surface area (Å²) in [5.74, 6) is -3.71. The Morgan fingerprint density at radius 2 is 1.76 bits per heavy atom. The van der Waals surface area contributed by atoms with E-state index >= 15 is 0 Å². The maximum Gasteiger partial charge on any atom is 0.313 e. The minimum Gasteiger partial charge on any atom is -0.455 e. The number of nitrogens with one attached hydrogen (secondary N) is 1. The molecule has 4 heterocycles. The average Bonchev–Trinajstić information content (AvgIpc) is 3.43. The van der Waals surface area contributed by atoms with E-state index in [1.54, 1.807) is 60.4 Å². The number of amides is 3. The third kappa shape index (κ3) is 5.74. The minimum absolute atomic E-state index is 0.0607. The van der Waals surface area contributed by atoms with Gasteiger partial charge in [-0.15, -0.1) is 0 Å². The van der Waals surface area contributed by atoms with Crippen molar-refractivity contribution in [1.29, 1.82) is 0 Å². The number of likely N-dealkylation sites (tertiary alicyclic amines) is 1. The van der Waals surface area contributed by atoms with E-state index in [1.165, 1.54) is 4.90 Å². The lowest BCUT2D eigenvalue weighted by Gasteiger charge is -2.35. The number of carbonyl (C=O) groups excluding carboxylic acids is 4. The largest absolute Gasteiger partial charge is 0.455 e. The Morgan fingerprint density at radius 3 is 2.52 bits per heavy atom. The molecule has 2 aromatic rings. The quantitative estimate of drug-likeness (QED) is 0.278. The van der Waals surface area contributed by atoms with Crippen LogP contribution < -0.4 is 10.2 Å². The number of aliphatic hydroxyl groups is 1. The molecule has 0 bridgehead atoms. The van der Waals surface area contributed by atoms with Crippen molar-refractivity contribution in [3.8, 4) is 0 Å². The second-order valence-corrected chi connectivity index (χ2v) is 12.6. The Labute approximate surface area is 273 Å². The van der Waals surface area contributed by atoms with Crippen LogP contribution in [0.15, 0.2) is 78.9 Å². The number of hydrogen-bond acceptors (Lipinski definition) is 7. The third-order valence-corrected chi connectivity index (χ3v) is 9.61. The molecular formula is C35H38ClN3O7. The van der Waals surface area contributed by atoms with E-state index in [9.17, 15) is 24.3 Å². The van der Waals surface area contributed by atoms with Crippen molar-refractivity contribution in [1.82, 2.24) is 10.2 Å². The molecule has 2 N–H and O–H groups in total. The molecule has 0 aliphatic carbocycles. The summed E-state index contributed by atoms with van der Waals surface area (Å²) in [6.07, 6.45) is 6.83. The number of para-hydroxylation sites is 1. The van der Waals surface area contributed by atoms with Crippen molar-refractivity contribution in [3.63, 3.8) is 0 Å². The number of fused-ring (bicyclic) bond motifs is 2. The summed E-state index contributed by atoms with van der Waals surface area (Å²) in [6.45, 7) is 2.10. The van der Waals surface area contributed by atoms with Gasteiger partial charge in [-0.05, 0) is 43.9 Å². The molecule has 2 fully saturated rings. The first-order valence-electron chi connectivity index (χ1n) is 15.8. The molecule has 1 spiro atoms. The van der Waals surface area contributed by atoms with Crippen molar-refractivity contribution in [2.75, 3.05) is 24.6 Å². The first kappa shape index (κ1) is 32.0. The molecule has 0 radical (unpaired) electrons. The molecule has 6 rings (SSSR count). The van der Waals surface area contributed by atoms with Crippen molar-refractivity contribution < 1.29 is 33.8 Å². The number of esters is 1. The summed E-state index contributed by atoms with van der Waals surface area (Å²) in [6, 6.07) is 14.5. The first-order valence-corrected chi connectivity index (χ1v) is 16.2. The number of hydrogen-bond donors (Lipinski definition) is 2. The molecule has 4 aliphatic rings. The van der Waals surface area contributed by atoms with Crippen LogP contribution in [0.1, 0.15) is 44.3 Å². The molecule has 242 valence electrons. The highest BCUT2D eigenvalue weighted by atomic mass is 35.5. The van der Waals surface area contributed by atoms with Gasteiger partial charge in [0.2, 0.25) is 11.8 Å². The molecule has 3 amide bonds. The molecule has 7 atom stereocenters. The van der Waals surface area contributed by atoms with Gasteiger partial charge < -0.3 is 29.7 Å². The van der Waals surface area contributed by atoms with Crippen LogP contribution in [0.3, 0.4) is 0 Å². The van der Waals surface area contributed by atoms with Crippen molar-refractivity contribution in [2.24, 2.45) is 11.8 Å². The van der Waals surface area contributed by atoms with E-state index in [1.807, 2.05) is 30.3 Å². The highest BCUT2D eigenvalue weighted by Crippen LogP contribution is 2.53. The van der Waals surface area contributed by atoms with Crippen LogP contribution in [0.2, 0.25) is 5.02 Å². The van der Waals surface area contributed by atoms with Gasteiger partial charge in [0.1, 0.15) is 23.7 Å². The number of halogens is 1. The Hall–Kier alpha value is -3.99. The molecule has 2 aromatic carbocycles. The number of ether oxygens (including phenoxy) is 2. The van der Waals surface area contributed by atoms with Gasteiger partial charge in [0, 0.05) is 26.1 Å². The lowest BCUT2D eigenvalue weighted by molar-refractivity contribution is -0.161. The summed E-state index contributed by atoms with van der Waals surface area (Å²) >= 11 is 6.54. The molecule has 46 heavy (non-hydrogen) atoms. The number of rotatable bonds is 6. The van der Waals surface area contributed by atoms with E-state index in [0.29, 0.717) is 35.5 Å². The van der Waals surface area contributed by atoms with E-state index in [4.69, 9.17) is 21.1 Å². The minimum atomic E-state index is -1.47. The highest BCUT2D eigenvalue weighted by Gasteiger charge is 2.71. The standard InChI is InChI=1S/C35H38ClN3O7/c1-22-30(23-12-3-2-4-13-23)45-34(44)28-26(16-7-8-17-27(41)37-22)46-35-18-11-20-38(25-15-6-5-14-24(25)36)33(43)31(35)39(19-9-10-21-40)32(42)29(28)35/h2-7,11-16,18,22,26,28-31,40H,8-10,17,19-21H2,1H3,(H,37,41)/b16-7-/t22-,26-,28+,29+,30+,31-,35+/m0/s1. The van der Waals surface area contributed by atoms with Gasteiger partial charge in [-0.25, -0.2) is 0 Å². The lowest BCUT2D eigenvalue weighted by Crippen LogP contribution is -2.55. The fraction of sp³-hybridized carbons (Fsp3) is 0.429. The van der Waals surface area contributed by atoms with Crippen molar-refractivity contribution in [3.05, 3.63) is 89.5 Å². The number of cyclic esters (lactones) is 1. The topological polar surface area (TPSA) is 125 Å². The van der Waals surface area contributed by atoms with Crippen molar-refractivity contribution >= 4 is 41.0 Å². The summed E-state index contributed by atoms with van der Waals surface area (Å²) < 4.78 is 13.0. The Balaban J connectivity index is 1.44. The second-order valence-electron chi connectivity index (χ2n) is 12.2. The molecule has 10 nitrogen and oxygen atoms in total. The molecule has 0 saturated carbocycles. The Morgan fingerprint density at radius 1 is 1.00 bits per heavy atom. The van der Waals surface area contributed by atoms with E-state index in [-0.39, 0.29) is 43.8 Å². The van der Waals surface area contributed by atoms with Gasteiger partial charge >= 0.3 is 5.97 Å². The predicted octanol–water partition coefficient (Wildman–Crippen LogP) is 3.74. The van der Waals surface area contributed by atoms with E-state index in [2.05, 4.69) is 5.32 Å². The van der Waals surface area contributed by atoms with Crippen LogP contribution in [0, 0.1) is 11.8 Å². The fourth-order valence-electron chi connectivity index (χ4n) is 7.23. The zero-order chi connectivity index (χ0) is 32.4. The SMILES string of the molecule is C[C@@H]1NC(=O)CC/C=C\[C@@H]2O[C@@]34C=CCN(c5ccccc5Cl)C(=O)[C@@H]3N(CCCCO)C(=O)[C@H]4[C@@H]2C(=O)O[C@H]1c1ccccc1. The van der Waals surface area contributed by atoms with Crippen molar-refractivity contribution in [2.45, 2.75) is 62.5 Å². The van der Waals surface area contributed by atoms with Crippen LogP contribution in [0.4, 0.5) is 5.69 Å². The zero-order valence-electron chi connectivity index (χ0n) is 25.6. The monoisotopic (exact) mass is 647 g/mol. The number of benzene rings is 2. The van der Waals surface area contributed by atoms with Crippen LogP contribution in [0.25, 0.3) is 0 Å². The van der Waals surface area contributed by atoms with Crippen LogP contribution in [-0.2, 0) is 28.7 Å². The zero-order valence-corrected chi connectivity index (χ0v) is 26.3. The summed E-state index contributed by atoms with van der Waals surface area (Å²) in [7, 11) is 0. The summed E-state index contributed by atoms with van der Waals surface area (Å²) in [5, 5.41) is 12.8. The van der Waals surface area contributed by atoms with Gasteiger partial charge in [-0.2, -0.15) is 0 Å². The Bertz CT molecular complexity index is 1550. The maximum atomic E-state index is 14.6. The molecule has 11 heteroatoms. The third-order valence-electron chi connectivity index (χ3n) is 9.29. The average molecular weight is 648 g/mol. The van der Waals surface area contributed by atoms with Gasteiger partial charge in [-0.3, -0.25) is 19.2 Å². The molecular weight excluding hydrogens is 610 g/mol. The fourth-order valence-corrected chi connectivity index (χ4v) is 7.46. The normalized spacial score (nSPS) is 32.0. The van der Waals surface area contributed by atoms with E-state index < -0.39 is 47.7 Å². The first-order chi connectivity index (χ1) is 22.3. The van der Waals surface area contributed by atoms with Gasteiger partial charge in [-0.1, -0.05) is 78.4 Å². The number of carbonyl (C=O) groups is 4. The Kier molecular flexibility index (Phi) is 9.31. The van der Waals surface area contributed by atoms with Crippen LogP contribution >= 0.6 is 11.6 Å². The number of aliphatic hydroxyl groups excluding tert-OH is 1. The van der Waals surface area contributed by atoms with E-state index in [0.717, 1.165) is 0 Å². The number of unbranched alkanes of at least 4 members (excludes halogenated alkanes) is 1. The number of anilines is 1. The van der Waals surface area contributed by atoms with Gasteiger partial charge in [0.05, 0.1) is 28.8 Å².